The molecular formula is C18H28N4O. The van der Waals surface area contributed by atoms with Crippen molar-refractivity contribution in [3.05, 3.63) is 23.4 Å². The third kappa shape index (κ3) is 4.22. The summed E-state index contributed by atoms with van der Waals surface area (Å²) in [5, 5.41) is 12.8. The first-order valence-corrected chi connectivity index (χ1v) is 8.25. The number of aliphatic imine (C=N–C) groups is 1. The van der Waals surface area contributed by atoms with Gasteiger partial charge in [0.25, 0.3) is 0 Å². The first-order chi connectivity index (χ1) is 10.9. The molecule has 0 bridgehead atoms. The van der Waals surface area contributed by atoms with Gasteiger partial charge < -0.3 is 11.1 Å². The van der Waals surface area contributed by atoms with E-state index in [2.05, 4.69) is 44.1 Å². The van der Waals surface area contributed by atoms with Crippen LogP contribution < -0.4 is 11.1 Å². The van der Waals surface area contributed by atoms with Crippen molar-refractivity contribution in [3.63, 3.8) is 0 Å². The highest BCUT2D eigenvalue weighted by atomic mass is 16.1. The summed E-state index contributed by atoms with van der Waals surface area (Å²) in [5.74, 6) is 0.461. The van der Waals surface area contributed by atoms with Gasteiger partial charge in [0, 0.05) is 19.2 Å². The highest BCUT2D eigenvalue weighted by molar-refractivity contribution is 5.99. The van der Waals surface area contributed by atoms with Crippen molar-refractivity contribution in [2.45, 2.75) is 40.5 Å². The SMILES string of the molecule is CCC1C=C(C(C#N)C(C)[C@H](C)CC)C(C(N)=O)=CNC1=NC. The topological polar surface area (TPSA) is 91.3 Å². The number of amides is 1. The molecule has 3 N–H and O–H groups in total. The van der Waals surface area contributed by atoms with Crippen molar-refractivity contribution >= 4 is 11.7 Å². The number of hydrogen-bond donors (Lipinski definition) is 2. The van der Waals surface area contributed by atoms with Gasteiger partial charge >= 0.3 is 0 Å². The molecule has 4 atom stereocenters. The zero-order chi connectivity index (χ0) is 17.6. The van der Waals surface area contributed by atoms with Crippen molar-refractivity contribution in [1.82, 2.24) is 5.32 Å². The molecule has 0 spiro atoms. The summed E-state index contributed by atoms with van der Waals surface area (Å²) in [6.07, 6.45) is 5.41. The minimum atomic E-state index is -0.521. The van der Waals surface area contributed by atoms with Crippen LogP contribution in [0.5, 0.6) is 0 Å². The second kappa shape index (κ2) is 8.52. The molecule has 0 saturated heterocycles. The van der Waals surface area contributed by atoms with Crippen molar-refractivity contribution in [1.29, 1.82) is 5.26 Å². The Morgan fingerprint density at radius 2 is 2.13 bits per heavy atom. The van der Waals surface area contributed by atoms with Gasteiger partial charge in [-0.2, -0.15) is 5.26 Å². The number of carbonyl (C=O) groups excluding carboxylic acids is 1. The minimum absolute atomic E-state index is 0.0445. The summed E-state index contributed by atoms with van der Waals surface area (Å²) in [4.78, 5) is 16.2. The quantitative estimate of drug-likeness (QED) is 0.789. The number of amidine groups is 1. The van der Waals surface area contributed by atoms with Crippen molar-refractivity contribution in [2.75, 3.05) is 7.05 Å². The second-order valence-electron chi connectivity index (χ2n) is 6.16. The van der Waals surface area contributed by atoms with Crippen LogP contribution in [-0.2, 0) is 4.79 Å². The largest absolute Gasteiger partial charge is 0.366 e. The lowest BCUT2D eigenvalue weighted by Crippen LogP contribution is -2.25. The van der Waals surface area contributed by atoms with Gasteiger partial charge in [0.15, 0.2) is 0 Å². The smallest absolute Gasteiger partial charge is 0.250 e. The van der Waals surface area contributed by atoms with Gasteiger partial charge in [-0.15, -0.1) is 0 Å². The van der Waals surface area contributed by atoms with E-state index in [1.54, 1.807) is 13.2 Å². The van der Waals surface area contributed by atoms with E-state index >= 15 is 0 Å². The molecule has 0 aromatic heterocycles. The second-order valence-corrected chi connectivity index (χ2v) is 6.16. The van der Waals surface area contributed by atoms with Crippen LogP contribution in [0.4, 0.5) is 0 Å². The van der Waals surface area contributed by atoms with Gasteiger partial charge in [-0.05, 0) is 23.8 Å². The number of rotatable bonds is 6. The van der Waals surface area contributed by atoms with E-state index in [0.29, 0.717) is 11.5 Å². The molecule has 5 nitrogen and oxygen atoms in total. The number of primary amides is 1. The number of nitrogens with two attached hydrogens (primary N) is 1. The Hall–Kier alpha value is -2.09. The summed E-state index contributed by atoms with van der Waals surface area (Å²) in [6.45, 7) is 8.37. The normalized spacial score (nSPS) is 23.7. The number of nitriles is 1. The van der Waals surface area contributed by atoms with Gasteiger partial charge in [-0.3, -0.25) is 9.79 Å². The molecule has 0 fully saturated rings. The monoisotopic (exact) mass is 316 g/mol. The molecular weight excluding hydrogens is 288 g/mol. The fourth-order valence-corrected chi connectivity index (χ4v) is 2.92. The van der Waals surface area contributed by atoms with Crippen LogP contribution in [0.25, 0.3) is 0 Å². The van der Waals surface area contributed by atoms with Gasteiger partial charge in [0.05, 0.1) is 17.6 Å². The zero-order valence-corrected chi connectivity index (χ0v) is 14.8. The molecule has 0 radical (unpaired) electrons. The Kier molecular flexibility index (Phi) is 7.02. The molecule has 0 aromatic rings. The Bertz CT molecular complexity index is 568. The summed E-state index contributed by atoms with van der Waals surface area (Å²) in [5.41, 5.74) is 6.67. The molecule has 0 aliphatic carbocycles. The van der Waals surface area contributed by atoms with Gasteiger partial charge in [-0.25, -0.2) is 0 Å². The Labute approximate surface area is 139 Å². The lowest BCUT2D eigenvalue weighted by atomic mass is 9.76. The molecule has 1 aliphatic heterocycles. The summed E-state index contributed by atoms with van der Waals surface area (Å²) in [6, 6.07) is 2.39. The van der Waals surface area contributed by atoms with Crippen molar-refractivity contribution < 1.29 is 4.79 Å². The zero-order valence-electron chi connectivity index (χ0n) is 14.8. The van der Waals surface area contributed by atoms with Gasteiger partial charge in [0.1, 0.15) is 5.84 Å². The number of nitrogens with zero attached hydrogens (tertiary/aromatic N) is 2. The third-order valence-corrected chi connectivity index (χ3v) is 4.89. The van der Waals surface area contributed by atoms with Crippen LogP contribution in [0, 0.1) is 35.0 Å². The molecule has 1 rings (SSSR count). The van der Waals surface area contributed by atoms with Crippen molar-refractivity contribution in [3.8, 4) is 6.07 Å². The maximum absolute atomic E-state index is 11.9. The van der Waals surface area contributed by atoms with E-state index < -0.39 is 5.91 Å². The number of carbonyl (C=O) groups is 1. The Balaban J connectivity index is 3.41. The first kappa shape index (κ1) is 19.0. The first-order valence-electron chi connectivity index (χ1n) is 8.25. The average molecular weight is 316 g/mol. The highest BCUT2D eigenvalue weighted by Crippen LogP contribution is 2.34. The van der Waals surface area contributed by atoms with E-state index in [1.807, 2.05) is 6.08 Å². The Morgan fingerprint density at radius 3 is 2.57 bits per heavy atom. The molecule has 126 valence electrons. The van der Waals surface area contributed by atoms with E-state index in [1.165, 1.54) is 0 Å². The maximum atomic E-state index is 11.9. The molecule has 23 heavy (non-hydrogen) atoms. The highest BCUT2D eigenvalue weighted by Gasteiger charge is 2.31. The Morgan fingerprint density at radius 1 is 1.48 bits per heavy atom. The molecule has 5 heteroatoms. The van der Waals surface area contributed by atoms with Crippen LogP contribution in [0.1, 0.15) is 40.5 Å². The van der Waals surface area contributed by atoms with Gasteiger partial charge in [0.2, 0.25) is 5.91 Å². The molecule has 0 saturated carbocycles. The van der Waals surface area contributed by atoms with Crippen LogP contribution in [0.15, 0.2) is 28.4 Å². The molecule has 1 aliphatic rings. The fourth-order valence-electron chi connectivity index (χ4n) is 2.92. The molecule has 1 heterocycles. The standard InChI is InChI=1S/C18H28N4O/c1-6-11(3)12(4)15(9-19)14-8-13(7-2)18(21-5)22-10-16(14)17(20)23/h8,10-13,15H,6-7H2,1-5H3,(H2,20,23)(H,21,22)/t11-,12?,13?,15?/m1/s1. The third-order valence-electron chi connectivity index (χ3n) is 4.89. The van der Waals surface area contributed by atoms with Crippen LogP contribution in [-0.4, -0.2) is 18.8 Å². The summed E-state index contributed by atoms with van der Waals surface area (Å²) < 4.78 is 0. The van der Waals surface area contributed by atoms with E-state index in [0.717, 1.165) is 24.3 Å². The maximum Gasteiger partial charge on any atom is 0.250 e. The predicted octanol–water partition coefficient (Wildman–Crippen LogP) is 2.76. The fraction of sp³-hybridized carbons (Fsp3) is 0.611. The summed E-state index contributed by atoms with van der Waals surface area (Å²) >= 11 is 0. The predicted molar refractivity (Wildman–Crippen MR) is 93.4 cm³/mol. The molecule has 1 amide bonds. The van der Waals surface area contributed by atoms with Crippen molar-refractivity contribution in [2.24, 2.45) is 34.4 Å². The van der Waals surface area contributed by atoms with Crippen LogP contribution in [0.2, 0.25) is 0 Å². The van der Waals surface area contributed by atoms with Gasteiger partial charge in [-0.1, -0.05) is 40.2 Å². The lowest BCUT2D eigenvalue weighted by Gasteiger charge is -2.26. The number of nitrogens with one attached hydrogen (secondary N) is 1. The van der Waals surface area contributed by atoms with Crippen LogP contribution >= 0.6 is 0 Å². The average Bonchev–Trinajstić information content (AvgIpc) is 2.73. The molecule has 3 unspecified atom stereocenters. The van der Waals surface area contributed by atoms with E-state index in [4.69, 9.17) is 5.73 Å². The van der Waals surface area contributed by atoms with Crippen LogP contribution in [0.3, 0.4) is 0 Å². The molecule has 0 aromatic carbocycles. The van der Waals surface area contributed by atoms with E-state index in [-0.39, 0.29) is 17.8 Å². The number of hydrogen-bond acceptors (Lipinski definition) is 3. The summed E-state index contributed by atoms with van der Waals surface area (Å²) in [7, 11) is 1.71. The minimum Gasteiger partial charge on any atom is -0.366 e. The van der Waals surface area contributed by atoms with E-state index in [9.17, 15) is 10.1 Å². The lowest BCUT2D eigenvalue weighted by molar-refractivity contribution is -0.114.